The average molecular weight is 196 g/mol. The standard InChI is InChI=1S/C7H16O2.4CH4/c1-4-5-9-7(2)6-8-3;;;;/h7H,4-6H2,1-3H3;4*1H4. The van der Waals surface area contributed by atoms with Crippen molar-refractivity contribution in [2.75, 3.05) is 20.3 Å². The molecule has 2 heteroatoms. The minimum Gasteiger partial charge on any atom is -0.382 e. The Morgan fingerprint density at radius 2 is 1.54 bits per heavy atom. The molecule has 2 nitrogen and oxygen atoms in total. The van der Waals surface area contributed by atoms with E-state index in [-0.39, 0.29) is 35.8 Å². The number of ether oxygens (including phenoxy) is 2. The first-order chi connectivity index (χ1) is 4.31. The molecule has 0 aromatic rings. The number of hydrogen-bond acceptors (Lipinski definition) is 2. The molecule has 88 valence electrons. The highest BCUT2D eigenvalue weighted by Crippen LogP contribution is 1.91. The molecular weight excluding hydrogens is 164 g/mol. The topological polar surface area (TPSA) is 18.5 Å². The summed E-state index contributed by atoms with van der Waals surface area (Å²) in [6, 6.07) is 0. The minimum atomic E-state index is 0. The lowest BCUT2D eigenvalue weighted by Gasteiger charge is -2.09. The van der Waals surface area contributed by atoms with Crippen LogP contribution in [-0.2, 0) is 9.47 Å². The Kier molecular flexibility index (Phi) is 51.0. The van der Waals surface area contributed by atoms with Gasteiger partial charge in [-0.1, -0.05) is 36.6 Å². The summed E-state index contributed by atoms with van der Waals surface area (Å²) in [7, 11) is 1.69. The van der Waals surface area contributed by atoms with E-state index < -0.39 is 0 Å². The van der Waals surface area contributed by atoms with E-state index in [1.165, 1.54) is 0 Å². The molecule has 0 saturated heterocycles. The first-order valence-electron chi connectivity index (χ1n) is 3.41. The molecule has 0 spiro atoms. The van der Waals surface area contributed by atoms with Crippen molar-refractivity contribution in [3.63, 3.8) is 0 Å². The molecule has 0 aromatic carbocycles. The molecule has 0 aliphatic rings. The lowest BCUT2D eigenvalue weighted by atomic mass is 10.4. The summed E-state index contributed by atoms with van der Waals surface area (Å²) in [5.41, 5.74) is 0. The van der Waals surface area contributed by atoms with Gasteiger partial charge in [-0.2, -0.15) is 0 Å². The van der Waals surface area contributed by atoms with Gasteiger partial charge in [0.25, 0.3) is 0 Å². The Bertz CT molecular complexity index is 56.1. The van der Waals surface area contributed by atoms with Gasteiger partial charge in [0.2, 0.25) is 0 Å². The highest BCUT2D eigenvalue weighted by Gasteiger charge is 1.97. The van der Waals surface area contributed by atoms with Crippen LogP contribution in [0.5, 0.6) is 0 Å². The van der Waals surface area contributed by atoms with Gasteiger partial charge in [0, 0.05) is 13.7 Å². The fourth-order valence-electron chi connectivity index (χ4n) is 0.602. The van der Waals surface area contributed by atoms with Gasteiger partial charge in [0.1, 0.15) is 0 Å². The van der Waals surface area contributed by atoms with E-state index in [2.05, 4.69) is 6.92 Å². The highest BCUT2D eigenvalue weighted by atomic mass is 16.5. The Morgan fingerprint density at radius 1 is 1.08 bits per heavy atom. The summed E-state index contributed by atoms with van der Waals surface area (Å²) < 4.78 is 10.2. The van der Waals surface area contributed by atoms with Crippen molar-refractivity contribution >= 4 is 0 Å². The van der Waals surface area contributed by atoms with Gasteiger partial charge in [0.15, 0.2) is 0 Å². The van der Waals surface area contributed by atoms with Crippen LogP contribution in [-0.4, -0.2) is 26.4 Å². The summed E-state index contributed by atoms with van der Waals surface area (Å²) in [5.74, 6) is 0. The third-order valence-electron chi connectivity index (χ3n) is 1.01. The second kappa shape index (κ2) is 22.7. The maximum absolute atomic E-state index is 5.31. The van der Waals surface area contributed by atoms with Crippen molar-refractivity contribution in [3.05, 3.63) is 0 Å². The van der Waals surface area contributed by atoms with Crippen LogP contribution < -0.4 is 0 Å². The van der Waals surface area contributed by atoms with E-state index in [0.717, 1.165) is 13.0 Å². The summed E-state index contributed by atoms with van der Waals surface area (Å²) in [6.45, 7) is 5.64. The second-order valence-electron chi connectivity index (χ2n) is 2.14. The molecule has 0 N–H and O–H groups in total. The zero-order chi connectivity index (χ0) is 7.11. The van der Waals surface area contributed by atoms with Crippen molar-refractivity contribution in [2.45, 2.75) is 56.1 Å². The summed E-state index contributed by atoms with van der Waals surface area (Å²) in [5, 5.41) is 0. The van der Waals surface area contributed by atoms with E-state index in [1.807, 2.05) is 6.92 Å². The zero-order valence-electron chi connectivity index (χ0n) is 6.52. The van der Waals surface area contributed by atoms with Gasteiger partial charge in [-0.05, 0) is 13.3 Å². The Labute approximate surface area is 86.6 Å². The number of methoxy groups -OCH3 is 1. The number of hydrogen-bond donors (Lipinski definition) is 0. The quantitative estimate of drug-likeness (QED) is 0.662. The lowest BCUT2D eigenvalue weighted by Crippen LogP contribution is -2.14. The average Bonchev–Trinajstić information content (AvgIpc) is 1.85. The monoisotopic (exact) mass is 196 g/mol. The maximum atomic E-state index is 5.31. The third kappa shape index (κ3) is 24.5. The zero-order valence-corrected chi connectivity index (χ0v) is 6.52. The van der Waals surface area contributed by atoms with Crippen molar-refractivity contribution in [3.8, 4) is 0 Å². The van der Waals surface area contributed by atoms with Gasteiger partial charge in [-0.25, -0.2) is 0 Å². The van der Waals surface area contributed by atoms with Crippen LogP contribution in [0.15, 0.2) is 0 Å². The van der Waals surface area contributed by atoms with E-state index in [9.17, 15) is 0 Å². The van der Waals surface area contributed by atoms with E-state index in [1.54, 1.807) is 7.11 Å². The largest absolute Gasteiger partial charge is 0.382 e. The van der Waals surface area contributed by atoms with Gasteiger partial charge in [0.05, 0.1) is 12.7 Å². The van der Waals surface area contributed by atoms with E-state index in [0.29, 0.717) is 6.61 Å². The van der Waals surface area contributed by atoms with Crippen LogP contribution in [0.25, 0.3) is 0 Å². The molecule has 0 fully saturated rings. The van der Waals surface area contributed by atoms with Crippen LogP contribution in [0.4, 0.5) is 0 Å². The van der Waals surface area contributed by atoms with Crippen molar-refractivity contribution in [1.82, 2.24) is 0 Å². The van der Waals surface area contributed by atoms with Crippen molar-refractivity contribution in [2.24, 2.45) is 0 Å². The second-order valence-corrected chi connectivity index (χ2v) is 2.14. The molecule has 1 unspecified atom stereocenters. The molecule has 0 radical (unpaired) electrons. The van der Waals surface area contributed by atoms with Crippen LogP contribution in [0.3, 0.4) is 0 Å². The smallest absolute Gasteiger partial charge is 0.0780 e. The Morgan fingerprint density at radius 3 is 1.85 bits per heavy atom. The minimum absolute atomic E-state index is 0. The predicted molar refractivity (Wildman–Crippen MR) is 64.5 cm³/mol. The predicted octanol–water partition coefficient (Wildman–Crippen LogP) is 3.99. The van der Waals surface area contributed by atoms with Gasteiger partial charge in [-0.15, -0.1) is 0 Å². The van der Waals surface area contributed by atoms with Crippen molar-refractivity contribution < 1.29 is 9.47 Å². The van der Waals surface area contributed by atoms with E-state index in [4.69, 9.17) is 9.47 Å². The van der Waals surface area contributed by atoms with Crippen LogP contribution in [0.1, 0.15) is 50.0 Å². The van der Waals surface area contributed by atoms with Gasteiger partial charge >= 0.3 is 0 Å². The molecule has 13 heavy (non-hydrogen) atoms. The summed E-state index contributed by atoms with van der Waals surface area (Å²) >= 11 is 0. The molecule has 1 atom stereocenters. The molecule has 0 bridgehead atoms. The lowest BCUT2D eigenvalue weighted by molar-refractivity contribution is 0.00956. The highest BCUT2D eigenvalue weighted by molar-refractivity contribution is 4.44. The van der Waals surface area contributed by atoms with Crippen LogP contribution in [0.2, 0.25) is 0 Å². The summed E-state index contributed by atoms with van der Waals surface area (Å²) in [4.78, 5) is 0. The number of rotatable bonds is 5. The molecular formula is C11H32O2. The fraction of sp³-hybridized carbons (Fsp3) is 1.00. The Hall–Kier alpha value is -0.0800. The normalized spacial score (nSPS) is 9.46. The first kappa shape index (κ1) is 29.3. The maximum Gasteiger partial charge on any atom is 0.0780 e. The van der Waals surface area contributed by atoms with Crippen LogP contribution in [0, 0.1) is 0 Å². The fourth-order valence-corrected chi connectivity index (χ4v) is 0.602. The SMILES string of the molecule is C.C.C.C.CCCOC(C)COC. The Balaban J connectivity index is -0.0000000533. The third-order valence-corrected chi connectivity index (χ3v) is 1.01. The van der Waals surface area contributed by atoms with Crippen molar-refractivity contribution in [1.29, 1.82) is 0 Å². The molecule has 0 aliphatic carbocycles. The van der Waals surface area contributed by atoms with Gasteiger partial charge in [-0.3, -0.25) is 0 Å². The molecule has 0 aromatic heterocycles. The van der Waals surface area contributed by atoms with Crippen LogP contribution >= 0.6 is 0 Å². The molecule has 0 saturated carbocycles. The first-order valence-corrected chi connectivity index (χ1v) is 3.41. The molecule has 0 amide bonds. The summed E-state index contributed by atoms with van der Waals surface area (Å²) in [6.07, 6.45) is 1.32. The molecule has 0 heterocycles. The molecule has 0 rings (SSSR count). The van der Waals surface area contributed by atoms with E-state index >= 15 is 0 Å². The molecule has 0 aliphatic heterocycles. The van der Waals surface area contributed by atoms with Gasteiger partial charge < -0.3 is 9.47 Å².